The van der Waals surface area contributed by atoms with E-state index < -0.39 is 0 Å². The lowest BCUT2D eigenvalue weighted by Crippen LogP contribution is -2.49. The molecule has 2 saturated heterocycles. The van der Waals surface area contributed by atoms with Gasteiger partial charge in [0.05, 0.1) is 5.52 Å². The number of amides is 2. The number of nitrogens with zero attached hydrogens (tertiary/aromatic N) is 5. The number of aromatic nitrogens is 2. The van der Waals surface area contributed by atoms with E-state index in [1.807, 2.05) is 41.3 Å². The van der Waals surface area contributed by atoms with Crippen molar-refractivity contribution in [2.75, 3.05) is 54.4 Å². The van der Waals surface area contributed by atoms with Crippen LogP contribution in [0.15, 0.2) is 48.7 Å². The maximum atomic E-state index is 12.7. The summed E-state index contributed by atoms with van der Waals surface area (Å²) in [5, 5.41) is 4.01. The number of piperidine rings is 1. The molecule has 0 bridgehead atoms. The van der Waals surface area contributed by atoms with E-state index in [9.17, 15) is 9.59 Å². The van der Waals surface area contributed by atoms with Crippen LogP contribution in [0.25, 0.3) is 10.9 Å². The molecule has 8 nitrogen and oxygen atoms in total. The average Bonchev–Trinajstić information content (AvgIpc) is 2.92. The molecule has 1 aromatic carbocycles. The van der Waals surface area contributed by atoms with Crippen molar-refractivity contribution in [3.05, 3.63) is 54.2 Å². The van der Waals surface area contributed by atoms with Crippen molar-refractivity contribution < 1.29 is 9.59 Å². The van der Waals surface area contributed by atoms with Crippen LogP contribution in [-0.4, -0.2) is 66.0 Å². The van der Waals surface area contributed by atoms with E-state index in [2.05, 4.69) is 46.9 Å². The van der Waals surface area contributed by atoms with Crippen LogP contribution in [0, 0.1) is 18.8 Å². The van der Waals surface area contributed by atoms with Crippen LogP contribution in [0.2, 0.25) is 0 Å². The highest BCUT2D eigenvalue weighted by atomic mass is 16.2. The zero-order valence-corrected chi connectivity index (χ0v) is 22.7. The summed E-state index contributed by atoms with van der Waals surface area (Å²) in [5.74, 6) is 3.17. The van der Waals surface area contributed by atoms with Gasteiger partial charge in [-0.1, -0.05) is 19.9 Å². The second-order valence-corrected chi connectivity index (χ2v) is 11.0. The molecule has 5 rings (SSSR count). The van der Waals surface area contributed by atoms with Crippen molar-refractivity contribution in [3.8, 4) is 0 Å². The summed E-state index contributed by atoms with van der Waals surface area (Å²) >= 11 is 0. The standard InChI is InChI=1S/C30H38N6O2/c1-21-16-22(2)20-36(19-21)28-17-23(3)25-18-24(7-8-26(25)33-28)32-29(37)9-10-30(38)35-14-12-34(13-15-35)27-6-4-5-11-31-27/h4-8,11,17-18,21-22H,9-10,12-16,19-20H2,1-3H3,(H,32,37)/t21-,22-/m0/s1. The molecule has 0 unspecified atom stereocenters. The minimum atomic E-state index is -0.150. The van der Waals surface area contributed by atoms with Gasteiger partial charge in [0.15, 0.2) is 0 Å². The van der Waals surface area contributed by atoms with Gasteiger partial charge in [-0.05, 0) is 67.1 Å². The zero-order valence-electron chi connectivity index (χ0n) is 22.7. The quantitative estimate of drug-likeness (QED) is 0.522. The van der Waals surface area contributed by atoms with E-state index in [1.54, 1.807) is 6.20 Å². The summed E-state index contributed by atoms with van der Waals surface area (Å²) in [6, 6.07) is 13.9. The summed E-state index contributed by atoms with van der Waals surface area (Å²) in [7, 11) is 0. The van der Waals surface area contributed by atoms with Gasteiger partial charge < -0.3 is 20.0 Å². The second kappa shape index (κ2) is 11.4. The Kier molecular flexibility index (Phi) is 7.77. The van der Waals surface area contributed by atoms with Gasteiger partial charge in [0.2, 0.25) is 11.8 Å². The molecule has 3 aromatic rings. The molecule has 0 saturated carbocycles. The van der Waals surface area contributed by atoms with Crippen molar-refractivity contribution in [1.29, 1.82) is 0 Å². The van der Waals surface area contributed by atoms with E-state index in [4.69, 9.17) is 4.98 Å². The first kappa shape index (κ1) is 25.9. The van der Waals surface area contributed by atoms with Crippen LogP contribution in [0.4, 0.5) is 17.3 Å². The minimum absolute atomic E-state index is 0.0215. The summed E-state index contributed by atoms with van der Waals surface area (Å²) in [4.78, 5) is 41.1. The Morgan fingerprint density at radius 3 is 2.39 bits per heavy atom. The lowest BCUT2D eigenvalue weighted by Gasteiger charge is -2.36. The van der Waals surface area contributed by atoms with Gasteiger partial charge in [0.25, 0.3) is 0 Å². The van der Waals surface area contributed by atoms with E-state index in [-0.39, 0.29) is 24.7 Å². The number of hydrogen-bond acceptors (Lipinski definition) is 6. The average molecular weight is 515 g/mol. The lowest BCUT2D eigenvalue weighted by atomic mass is 9.92. The highest BCUT2D eigenvalue weighted by Crippen LogP contribution is 2.29. The van der Waals surface area contributed by atoms with Crippen molar-refractivity contribution in [3.63, 3.8) is 0 Å². The first-order valence-corrected chi connectivity index (χ1v) is 13.8. The Labute approximate surface area is 225 Å². The number of aryl methyl sites for hydroxylation is 1. The van der Waals surface area contributed by atoms with Gasteiger partial charge in [-0.25, -0.2) is 9.97 Å². The molecule has 2 atom stereocenters. The van der Waals surface area contributed by atoms with Gasteiger partial charge in [0, 0.05) is 69.4 Å². The van der Waals surface area contributed by atoms with Crippen molar-refractivity contribution in [2.24, 2.45) is 11.8 Å². The van der Waals surface area contributed by atoms with Gasteiger partial charge in [-0.3, -0.25) is 9.59 Å². The second-order valence-electron chi connectivity index (χ2n) is 11.0. The molecule has 38 heavy (non-hydrogen) atoms. The van der Waals surface area contributed by atoms with Gasteiger partial charge in [-0.15, -0.1) is 0 Å². The third-order valence-corrected chi connectivity index (χ3v) is 7.65. The van der Waals surface area contributed by atoms with Crippen LogP contribution < -0.4 is 15.1 Å². The number of nitrogens with one attached hydrogen (secondary N) is 1. The number of piperazine rings is 1. The predicted molar refractivity (Wildman–Crippen MR) is 153 cm³/mol. The van der Waals surface area contributed by atoms with Crippen LogP contribution >= 0.6 is 0 Å². The minimum Gasteiger partial charge on any atom is -0.356 e. The zero-order chi connectivity index (χ0) is 26.6. The molecule has 2 aliphatic rings. The largest absolute Gasteiger partial charge is 0.356 e. The number of pyridine rings is 2. The van der Waals surface area contributed by atoms with Gasteiger partial charge in [0.1, 0.15) is 11.6 Å². The molecule has 2 aromatic heterocycles. The molecule has 2 fully saturated rings. The van der Waals surface area contributed by atoms with Crippen LogP contribution in [0.3, 0.4) is 0 Å². The van der Waals surface area contributed by atoms with Gasteiger partial charge in [-0.2, -0.15) is 0 Å². The number of benzene rings is 1. The first-order chi connectivity index (χ1) is 18.4. The van der Waals surface area contributed by atoms with E-state index in [0.29, 0.717) is 24.9 Å². The van der Waals surface area contributed by atoms with E-state index in [1.165, 1.54) is 6.42 Å². The topological polar surface area (TPSA) is 81.7 Å². The van der Waals surface area contributed by atoms with Crippen molar-refractivity contribution in [2.45, 2.75) is 40.0 Å². The fourth-order valence-corrected chi connectivity index (χ4v) is 5.79. The highest BCUT2D eigenvalue weighted by Gasteiger charge is 2.24. The van der Waals surface area contributed by atoms with Crippen LogP contribution in [0.5, 0.6) is 0 Å². The fourth-order valence-electron chi connectivity index (χ4n) is 5.79. The van der Waals surface area contributed by atoms with Crippen LogP contribution in [-0.2, 0) is 9.59 Å². The molecule has 0 aliphatic carbocycles. The molecule has 8 heteroatoms. The first-order valence-electron chi connectivity index (χ1n) is 13.8. The van der Waals surface area contributed by atoms with Crippen molar-refractivity contribution >= 4 is 40.0 Å². The van der Waals surface area contributed by atoms with Crippen molar-refractivity contribution in [1.82, 2.24) is 14.9 Å². The Bertz CT molecular complexity index is 1280. The highest BCUT2D eigenvalue weighted by molar-refractivity contribution is 5.96. The number of anilines is 3. The number of hydrogen-bond donors (Lipinski definition) is 1. The SMILES string of the molecule is Cc1cc(N2C[C@@H](C)C[C@H](C)C2)nc2ccc(NC(=O)CCC(=O)N3CCN(c4ccccn4)CC3)cc12. The molecule has 4 heterocycles. The molecule has 2 amide bonds. The molecule has 200 valence electrons. The molecular weight excluding hydrogens is 476 g/mol. The molecule has 0 spiro atoms. The molecule has 2 aliphatic heterocycles. The molecule has 1 N–H and O–H groups in total. The lowest BCUT2D eigenvalue weighted by molar-refractivity contribution is -0.133. The monoisotopic (exact) mass is 514 g/mol. The summed E-state index contributed by atoms with van der Waals surface area (Å²) < 4.78 is 0. The number of fused-ring (bicyclic) bond motifs is 1. The Morgan fingerprint density at radius 2 is 1.68 bits per heavy atom. The Morgan fingerprint density at radius 1 is 0.921 bits per heavy atom. The van der Waals surface area contributed by atoms with Gasteiger partial charge >= 0.3 is 0 Å². The van der Waals surface area contributed by atoms with E-state index >= 15 is 0 Å². The number of rotatable bonds is 6. The fraction of sp³-hybridized carbons (Fsp3) is 0.467. The van der Waals surface area contributed by atoms with E-state index in [0.717, 1.165) is 60.0 Å². The number of carbonyl (C=O) groups excluding carboxylic acids is 2. The Hall–Kier alpha value is -3.68. The van der Waals surface area contributed by atoms with Crippen LogP contribution in [0.1, 0.15) is 38.7 Å². The normalized spacial score (nSPS) is 20.0. The predicted octanol–water partition coefficient (Wildman–Crippen LogP) is 4.49. The maximum Gasteiger partial charge on any atom is 0.224 e. The third kappa shape index (κ3) is 6.06. The third-order valence-electron chi connectivity index (χ3n) is 7.65. The summed E-state index contributed by atoms with van der Waals surface area (Å²) in [6.07, 6.45) is 3.42. The maximum absolute atomic E-state index is 12.7. The smallest absolute Gasteiger partial charge is 0.224 e. The number of carbonyl (C=O) groups is 2. The Balaban J connectivity index is 1.14. The summed E-state index contributed by atoms with van der Waals surface area (Å²) in [5.41, 5.74) is 2.81. The molecular formula is C30H38N6O2. The summed E-state index contributed by atoms with van der Waals surface area (Å²) in [6.45, 7) is 11.6. The molecule has 0 radical (unpaired) electrons.